The third-order valence-corrected chi connectivity index (χ3v) is 2.97. The molecule has 78 valence electrons. The van der Waals surface area contributed by atoms with Crippen LogP contribution in [0.5, 0.6) is 0 Å². The zero-order valence-electron chi connectivity index (χ0n) is 8.53. The van der Waals surface area contributed by atoms with Gasteiger partial charge in [0.15, 0.2) is 0 Å². The summed E-state index contributed by atoms with van der Waals surface area (Å²) in [6.07, 6.45) is 4.15. The molecule has 14 heavy (non-hydrogen) atoms. The van der Waals surface area contributed by atoms with Crippen LogP contribution >= 0.6 is 0 Å². The van der Waals surface area contributed by atoms with Gasteiger partial charge in [0, 0.05) is 25.4 Å². The molecule has 0 bridgehead atoms. The molecule has 4 nitrogen and oxygen atoms in total. The van der Waals surface area contributed by atoms with Crippen molar-refractivity contribution in [3.63, 3.8) is 0 Å². The lowest BCUT2D eigenvalue weighted by molar-refractivity contribution is 0.00926. The first-order chi connectivity index (χ1) is 6.70. The normalized spacial score (nSPS) is 21.0. The Balaban J connectivity index is 2.05. The Morgan fingerprint density at radius 3 is 2.86 bits per heavy atom. The number of aryl methyl sites for hydroxylation is 1. The third kappa shape index (κ3) is 1.96. The van der Waals surface area contributed by atoms with Crippen LogP contribution in [0.25, 0.3) is 0 Å². The van der Waals surface area contributed by atoms with Crippen molar-refractivity contribution < 1.29 is 5.11 Å². The van der Waals surface area contributed by atoms with E-state index < -0.39 is 5.60 Å². The van der Waals surface area contributed by atoms with E-state index in [1.54, 1.807) is 6.20 Å². The van der Waals surface area contributed by atoms with E-state index in [9.17, 15) is 5.11 Å². The molecule has 2 rings (SSSR count). The molecule has 1 fully saturated rings. The minimum absolute atomic E-state index is 0.529. The molecule has 1 aromatic rings. The van der Waals surface area contributed by atoms with Crippen molar-refractivity contribution >= 4 is 0 Å². The second-order valence-corrected chi connectivity index (χ2v) is 4.10. The van der Waals surface area contributed by atoms with Crippen LogP contribution in [-0.4, -0.2) is 33.6 Å². The van der Waals surface area contributed by atoms with Gasteiger partial charge in [0.2, 0.25) is 0 Å². The van der Waals surface area contributed by atoms with E-state index in [2.05, 4.69) is 10.4 Å². The number of aliphatic hydroxyl groups is 1. The number of nitrogens with one attached hydrogen (secondary N) is 1. The van der Waals surface area contributed by atoms with Crippen LogP contribution in [0.4, 0.5) is 0 Å². The summed E-state index contributed by atoms with van der Waals surface area (Å²) >= 11 is 0. The van der Waals surface area contributed by atoms with E-state index in [4.69, 9.17) is 0 Å². The number of hydrogen-bond donors (Lipinski definition) is 2. The first kappa shape index (κ1) is 9.68. The monoisotopic (exact) mass is 195 g/mol. The summed E-state index contributed by atoms with van der Waals surface area (Å²) in [7, 11) is 1.92. The highest BCUT2D eigenvalue weighted by Gasteiger charge is 2.29. The molecule has 1 aliphatic heterocycles. The van der Waals surface area contributed by atoms with Crippen LogP contribution in [0.15, 0.2) is 12.3 Å². The summed E-state index contributed by atoms with van der Waals surface area (Å²) in [6.45, 7) is 1.82. The van der Waals surface area contributed by atoms with Crippen molar-refractivity contribution in [2.45, 2.75) is 24.9 Å². The van der Waals surface area contributed by atoms with E-state index >= 15 is 0 Å². The lowest BCUT2D eigenvalue weighted by Crippen LogP contribution is -2.43. The number of rotatable bonds is 2. The van der Waals surface area contributed by atoms with E-state index in [0.29, 0.717) is 6.42 Å². The van der Waals surface area contributed by atoms with Crippen LogP contribution < -0.4 is 5.32 Å². The van der Waals surface area contributed by atoms with Gasteiger partial charge in [-0.2, -0.15) is 5.10 Å². The Bertz CT molecular complexity index is 302. The molecular formula is C10H17N3O. The van der Waals surface area contributed by atoms with Gasteiger partial charge < -0.3 is 10.4 Å². The van der Waals surface area contributed by atoms with Crippen LogP contribution in [0.1, 0.15) is 18.5 Å². The standard InChI is InChI=1S/C10H17N3O/c1-13-9(2-5-12-13)8-10(14)3-6-11-7-4-10/h2,5,11,14H,3-4,6-8H2,1H3. The fraction of sp³-hybridized carbons (Fsp3) is 0.700. The van der Waals surface area contributed by atoms with Crippen molar-refractivity contribution in [1.29, 1.82) is 0 Å². The lowest BCUT2D eigenvalue weighted by atomic mass is 9.88. The van der Waals surface area contributed by atoms with Gasteiger partial charge in [0.1, 0.15) is 0 Å². The summed E-state index contributed by atoms with van der Waals surface area (Å²) in [5.74, 6) is 0. The molecule has 4 heteroatoms. The first-order valence-corrected chi connectivity index (χ1v) is 5.10. The predicted octanol–water partition coefficient (Wildman–Crippen LogP) is 0.0771. The minimum Gasteiger partial charge on any atom is -0.389 e. The summed E-state index contributed by atoms with van der Waals surface area (Å²) < 4.78 is 1.83. The summed E-state index contributed by atoms with van der Waals surface area (Å²) in [5, 5.41) is 17.6. The molecule has 1 aliphatic rings. The van der Waals surface area contributed by atoms with Gasteiger partial charge in [-0.15, -0.1) is 0 Å². The molecule has 1 saturated heterocycles. The van der Waals surface area contributed by atoms with Crippen LogP contribution in [0.2, 0.25) is 0 Å². The molecule has 0 unspecified atom stereocenters. The second-order valence-electron chi connectivity index (χ2n) is 4.10. The van der Waals surface area contributed by atoms with Crippen molar-refractivity contribution in [3.8, 4) is 0 Å². The predicted molar refractivity (Wildman–Crippen MR) is 54.0 cm³/mol. The van der Waals surface area contributed by atoms with Crippen LogP contribution in [0, 0.1) is 0 Å². The van der Waals surface area contributed by atoms with Gasteiger partial charge in [-0.25, -0.2) is 0 Å². The molecule has 0 atom stereocenters. The maximum absolute atomic E-state index is 10.3. The molecule has 2 heterocycles. The third-order valence-electron chi connectivity index (χ3n) is 2.97. The van der Waals surface area contributed by atoms with Crippen molar-refractivity contribution in [2.75, 3.05) is 13.1 Å². The molecule has 0 amide bonds. The maximum atomic E-state index is 10.3. The topological polar surface area (TPSA) is 50.1 Å². The number of aromatic nitrogens is 2. The highest BCUT2D eigenvalue weighted by atomic mass is 16.3. The van der Waals surface area contributed by atoms with Crippen molar-refractivity contribution in [1.82, 2.24) is 15.1 Å². The molecule has 2 N–H and O–H groups in total. The zero-order valence-corrected chi connectivity index (χ0v) is 8.53. The van der Waals surface area contributed by atoms with Gasteiger partial charge in [-0.1, -0.05) is 0 Å². The quantitative estimate of drug-likeness (QED) is 0.702. The highest BCUT2D eigenvalue weighted by Crippen LogP contribution is 2.22. The van der Waals surface area contributed by atoms with Gasteiger partial charge in [-0.05, 0) is 32.0 Å². The SMILES string of the molecule is Cn1nccc1CC1(O)CCNCC1. The fourth-order valence-electron chi connectivity index (χ4n) is 1.98. The second kappa shape index (κ2) is 3.71. The molecular weight excluding hydrogens is 178 g/mol. The van der Waals surface area contributed by atoms with Crippen LogP contribution in [-0.2, 0) is 13.5 Å². The smallest absolute Gasteiger partial charge is 0.0727 e. The van der Waals surface area contributed by atoms with E-state index in [0.717, 1.165) is 31.6 Å². The molecule has 0 saturated carbocycles. The largest absolute Gasteiger partial charge is 0.389 e. The Labute approximate surface area is 83.9 Å². The summed E-state index contributed by atoms with van der Waals surface area (Å²) in [4.78, 5) is 0. The fourth-order valence-corrected chi connectivity index (χ4v) is 1.98. The first-order valence-electron chi connectivity index (χ1n) is 5.10. The Morgan fingerprint density at radius 2 is 2.29 bits per heavy atom. The van der Waals surface area contributed by atoms with Crippen molar-refractivity contribution in [2.24, 2.45) is 7.05 Å². The number of piperidine rings is 1. The minimum atomic E-state index is -0.529. The molecule has 1 aromatic heterocycles. The summed E-state index contributed by atoms with van der Waals surface area (Å²) in [5.41, 5.74) is 0.577. The average Bonchev–Trinajstić information content (AvgIpc) is 2.52. The number of hydrogen-bond acceptors (Lipinski definition) is 3. The molecule has 0 aliphatic carbocycles. The van der Waals surface area contributed by atoms with Crippen LogP contribution in [0.3, 0.4) is 0 Å². The van der Waals surface area contributed by atoms with Crippen molar-refractivity contribution in [3.05, 3.63) is 18.0 Å². The Morgan fingerprint density at radius 1 is 1.57 bits per heavy atom. The number of nitrogens with zero attached hydrogens (tertiary/aromatic N) is 2. The Kier molecular flexibility index (Phi) is 2.56. The Hall–Kier alpha value is -0.870. The van der Waals surface area contributed by atoms with E-state index in [-0.39, 0.29) is 0 Å². The average molecular weight is 195 g/mol. The van der Waals surface area contributed by atoms with E-state index in [1.165, 1.54) is 0 Å². The summed E-state index contributed by atoms with van der Waals surface area (Å²) in [6, 6.07) is 1.97. The van der Waals surface area contributed by atoms with Gasteiger partial charge >= 0.3 is 0 Å². The van der Waals surface area contributed by atoms with Gasteiger partial charge in [-0.3, -0.25) is 4.68 Å². The maximum Gasteiger partial charge on any atom is 0.0727 e. The van der Waals surface area contributed by atoms with Gasteiger partial charge in [0.05, 0.1) is 5.60 Å². The van der Waals surface area contributed by atoms with Gasteiger partial charge in [0.25, 0.3) is 0 Å². The molecule has 0 aromatic carbocycles. The zero-order chi connectivity index (χ0) is 10.0. The molecule has 0 spiro atoms. The molecule has 0 radical (unpaired) electrons. The highest BCUT2D eigenvalue weighted by molar-refractivity contribution is 5.05. The lowest BCUT2D eigenvalue weighted by Gasteiger charge is -2.32. The van der Waals surface area contributed by atoms with E-state index in [1.807, 2.05) is 17.8 Å².